The highest BCUT2D eigenvalue weighted by Crippen LogP contribution is 2.41. The van der Waals surface area contributed by atoms with Crippen LogP contribution >= 0.6 is 11.6 Å². The van der Waals surface area contributed by atoms with E-state index in [1.807, 2.05) is 17.0 Å². The van der Waals surface area contributed by atoms with E-state index in [4.69, 9.17) is 11.6 Å². The number of nitrogens with zero attached hydrogens (tertiary/aromatic N) is 3. The van der Waals surface area contributed by atoms with E-state index < -0.39 is 6.61 Å². The van der Waals surface area contributed by atoms with Crippen molar-refractivity contribution in [2.45, 2.75) is 26.5 Å². The van der Waals surface area contributed by atoms with Crippen LogP contribution in [0.25, 0.3) is 0 Å². The Balaban J connectivity index is 1.99. The number of ether oxygens (including phenoxy) is 1. The number of benzene rings is 1. The molecule has 2 aromatic rings. The lowest BCUT2D eigenvalue weighted by Gasteiger charge is -2.24. The zero-order chi connectivity index (χ0) is 16.6. The molecule has 2 heterocycles. The summed E-state index contributed by atoms with van der Waals surface area (Å²) < 4.78 is 29.3. The molecule has 0 saturated heterocycles. The Bertz CT molecular complexity index is 711. The first-order chi connectivity index (χ1) is 11.0. The van der Waals surface area contributed by atoms with Crippen LogP contribution in [0, 0.1) is 0 Å². The van der Waals surface area contributed by atoms with Gasteiger partial charge in [-0.25, -0.2) is 4.98 Å². The highest BCUT2D eigenvalue weighted by atomic mass is 35.5. The Morgan fingerprint density at radius 3 is 2.70 bits per heavy atom. The minimum absolute atomic E-state index is 0.129. The van der Waals surface area contributed by atoms with Gasteiger partial charge in [-0.05, 0) is 38.1 Å². The van der Waals surface area contributed by atoms with Crippen molar-refractivity contribution in [3.05, 3.63) is 41.6 Å². The van der Waals surface area contributed by atoms with E-state index in [9.17, 15) is 8.78 Å². The lowest BCUT2D eigenvalue weighted by Crippen LogP contribution is -2.33. The summed E-state index contributed by atoms with van der Waals surface area (Å²) in [5.41, 5.74) is 1.65. The molecule has 0 amide bonds. The monoisotopic (exact) mass is 339 g/mol. The first-order valence-corrected chi connectivity index (χ1v) is 7.59. The van der Waals surface area contributed by atoms with Crippen molar-refractivity contribution in [1.29, 1.82) is 0 Å². The number of anilines is 3. The molecule has 1 aliphatic heterocycles. The molecule has 4 nitrogen and oxygen atoms in total. The van der Waals surface area contributed by atoms with Crippen LogP contribution in [0.5, 0.6) is 5.75 Å². The number of pyridine rings is 1. The molecule has 7 heteroatoms. The zero-order valence-corrected chi connectivity index (χ0v) is 13.5. The van der Waals surface area contributed by atoms with Crippen LogP contribution < -0.4 is 14.5 Å². The second-order valence-electron chi connectivity index (χ2n) is 5.49. The third-order valence-electron chi connectivity index (χ3n) is 3.65. The normalized spacial score (nSPS) is 13.9. The highest BCUT2D eigenvalue weighted by molar-refractivity contribution is 6.29. The van der Waals surface area contributed by atoms with Crippen LogP contribution in [0.15, 0.2) is 36.4 Å². The summed E-state index contributed by atoms with van der Waals surface area (Å²) in [5.74, 6) is 0.914. The first-order valence-electron chi connectivity index (χ1n) is 7.21. The smallest absolute Gasteiger partial charge is 0.387 e. The Labute approximate surface area is 138 Å². The van der Waals surface area contributed by atoms with E-state index in [0.29, 0.717) is 11.8 Å². The average molecular weight is 340 g/mol. The predicted octanol–water partition coefficient (Wildman–Crippen LogP) is 4.66. The maximum Gasteiger partial charge on any atom is 0.387 e. The van der Waals surface area contributed by atoms with Crippen LogP contribution in [0.1, 0.15) is 13.8 Å². The maximum atomic E-state index is 12.4. The van der Waals surface area contributed by atoms with Crippen LogP contribution in [0.2, 0.25) is 5.15 Å². The topological polar surface area (TPSA) is 28.6 Å². The lowest BCUT2D eigenvalue weighted by atomic mass is 10.2. The fraction of sp³-hybridized carbons (Fsp3) is 0.312. The second-order valence-corrected chi connectivity index (χ2v) is 5.87. The molecule has 3 rings (SSSR count). The van der Waals surface area contributed by atoms with Gasteiger partial charge in [0.05, 0.1) is 12.4 Å². The van der Waals surface area contributed by atoms with Gasteiger partial charge in [-0.15, -0.1) is 0 Å². The van der Waals surface area contributed by atoms with Crippen LogP contribution in [-0.4, -0.2) is 24.3 Å². The van der Waals surface area contributed by atoms with Crippen LogP contribution in [-0.2, 0) is 0 Å². The number of fused-ring (bicyclic) bond motifs is 1. The maximum absolute atomic E-state index is 12.4. The van der Waals surface area contributed by atoms with Crippen LogP contribution in [0.4, 0.5) is 26.0 Å². The van der Waals surface area contributed by atoms with Gasteiger partial charge in [0.25, 0.3) is 0 Å². The molecule has 0 N–H and O–H groups in total. The minimum atomic E-state index is -2.84. The van der Waals surface area contributed by atoms with Crippen molar-refractivity contribution in [2.75, 3.05) is 16.5 Å². The molecule has 0 unspecified atom stereocenters. The van der Waals surface area contributed by atoms with Crippen LogP contribution in [0.3, 0.4) is 0 Å². The van der Waals surface area contributed by atoms with E-state index in [1.54, 1.807) is 18.2 Å². The minimum Gasteiger partial charge on any atom is -0.435 e. The van der Waals surface area contributed by atoms with Gasteiger partial charge >= 0.3 is 6.61 Å². The van der Waals surface area contributed by atoms with E-state index in [2.05, 4.69) is 28.5 Å². The van der Waals surface area contributed by atoms with Crippen molar-refractivity contribution < 1.29 is 13.5 Å². The summed E-state index contributed by atoms with van der Waals surface area (Å²) in [5, 5.41) is 0.422. The summed E-state index contributed by atoms with van der Waals surface area (Å²) in [6.07, 6.45) is 0. The quantitative estimate of drug-likeness (QED) is 0.757. The van der Waals surface area contributed by atoms with Gasteiger partial charge < -0.3 is 14.5 Å². The summed E-state index contributed by atoms with van der Waals surface area (Å²) in [6, 6.07) is 10.5. The molecule has 0 bridgehead atoms. The van der Waals surface area contributed by atoms with Crippen molar-refractivity contribution in [3.8, 4) is 5.75 Å². The molecular weight excluding hydrogens is 324 g/mol. The molecular formula is C16H16ClF2N3O. The molecule has 1 aromatic heterocycles. The van der Waals surface area contributed by atoms with E-state index in [-0.39, 0.29) is 11.8 Å². The molecule has 0 spiro atoms. The molecule has 122 valence electrons. The van der Waals surface area contributed by atoms with Crippen molar-refractivity contribution in [2.24, 2.45) is 0 Å². The van der Waals surface area contributed by atoms with E-state index in [0.717, 1.165) is 17.2 Å². The average Bonchev–Trinajstić information content (AvgIpc) is 2.85. The number of rotatable bonds is 4. The number of halogens is 3. The summed E-state index contributed by atoms with van der Waals surface area (Å²) in [4.78, 5) is 8.50. The number of aromatic nitrogens is 1. The Kier molecular flexibility index (Phi) is 4.26. The fourth-order valence-electron chi connectivity index (χ4n) is 2.59. The van der Waals surface area contributed by atoms with Gasteiger partial charge in [0, 0.05) is 17.8 Å². The molecule has 23 heavy (non-hydrogen) atoms. The van der Waals surface area contributed by atoms with Crippen molar-refractivity contribution in [1.82, 2.24) is 4.98 Å². The summed E-state index contributed by atoms with van der Waals surface area (Å²) in [6.45, 7) is 1.85. The van der Waals surface area contributed by atoms with Gasteiger partial charge in [-0.2, -0.15) is 8.78 Å². The third kappa shape index (κ3) is 3.17. The fourth-order valence-corrected chi connectivity index (χ4v) is 2.73. The van der Waals surface area contributed by atoms with E-state index in [1.165, 1.54) is 6.07 Å². The molecule has 0 fully saturated rings. The Morgan fingerprint density at radius 1 is 1.22 bits per heavy atom. The van der Waals surface area contributed by atoms with E-state index >= 15 is 0 Å². The largest absolute Gasteiger partial charge is 0.435 e. The number of alkyl halides is 2. The number of hydrogen-bond donors (Lipinski definition) is 0. The standard InChI is InChI=1S/C16H16ClF2N3O/c1-10(2)21-9-22(13-6-7-14(17)20-15(13)21)11-4-3-5-12(8-11)23-16(18)19/h3-8,10,16H,9H2,1-2H3. The lowest BCUT2D eigenvalue weighted by molar-refractivity contribution is -0.0498. The molecule has 0 aliphatic carbocycles. The first kappa shape index (κ1) is 15.8. The molecule has 0 saturated carbocycles. The number of hydrogen-bond acceptors (Lipinski definition) is 4. The molecule has 0 radical (unpaired) electrons. The van der Waals surface area contributed by atoms with Gasteiger partial charge in [0.15, 0.2) is 5.82 Å². The third-order valence-corrected chi connectivity index (χ3v) is 3.87. The van der Waals surface area contributed by atoms with Crippen molar-refractivity contribution >= 4 is 28.8 Å². The molecule has 0 atom stereocenters. The van der Waals surface area contributed by atoms with Gasteiger partial charge in [-0.3, -0.25) is 0 Å². The predicted molar refractivity (Wildman–Crippen MR) is 86.9 cm³/mol. The van der Waals surface area contributed by atoms with Crippen molar-refractivity contribution in [3.63, 3.8) is 0 Å². The van der Waals surface area contributed by atoms with Gasteiger partial charge in [0.2, 0.25) is 0 Å². The second kappa shape index (κ2) is 6.20. The molecule has 1 aromatic carbocycles. The zero-order valence-electron chi connectivity index (χ0n) is 12.7. The van der Waals surface area contributed by atoms with Gasteiger partial charge in [0.1, 0.15) is 10.9 Å². The summed E-state index contributed by atoms with van der Waals surface area (Å²) in [7, 11) is 0. The van der Waals surface area contributed by atoms with Gasteiger partial charge in [-0.1, -0.05) is 17.7 Å². The Morgan fingerprint density at radius 2 is 2.00 bits per heavy atom. The summed E-state index contributed by atoms with van der Waals surface area (Å²) >= 11 is 6.01. The Hall–Kier alpha value is -2.08. The highest BCUT2D eigenvalue weighted by Gasteiger charge is 2.30. The molecule has 1 aliphatic rings. The SMILES string of the molecule is CC(C)N1CN(c2cccc(OC(F)F)c2)c2ccc(Cl)nc21.